The molecular weight excluding hydrogens is 270 g/mol. The quantitative estimate of drug-likeness (QED) is 0.698. The van der Waals surface area contributed by atoms with Crippen LogP contribution in [0, 0.1) is 5.92 Å². The maximum Gasteiger partial charge on any atom is 0.106 e. The molecule has 0 fully saturated rings. The van der Waals surface area contributed by atoms with Crippen LogP contribution in [-0.4, -0.2) is 11.4 Å². The van der Waals surface area contributed by atoms with Crippen molar-refractivity contribution in [1.82, 2.24) is 4.90 Å². The lowest BCUT2D eigenvalue weighted by Crippen LogP contribution is -2.20. The molecule has 1 aliphatic heterocycles. The van der Waals surface area contributed by atoms with Gasteiger partial charge in [0.2, 0.25) is 0 Å². The highest BCUT2D eigenvalue weighted by Crippen LogP contribution is 2.29. The van der Waals surface area contributed by atoms with E-state index in [0.29, 0.717) is 5.92 Å². The summed E-state index contributed by atoms with van der Waals surface area (Å²) in [6.45, 7) is 7.96. The number of fused-ring (bicyclic) bond motifs is 1. The molecule has 3 rings (SSSR count). The topological polar surface area (TPSA) is 16.4 Å². The van der Waals surface area contributed by atoms with Crippen molar-refractivity contribution in [2.75, 3.05) is 6.54 Å². The first-order chi connectivity index (χ1) is 10.7. The molecule has 1 atom stereocenters. The van der Waals surface area contributed by atoms with E-state index in [1.807, 2.05) is 12.3 Å². The lowest BCUT2D eigenvalue weighted by molar-refractivity contribution is 0.260. The first-order valence-electron chi connectivity index (χ1n) is 8.55. The van der Waals surface area contributed by atoms with Gasteiger partial charge in [-0.2, -0.15) is 0 Å². The SMILES string of the molecule is CC(C)CC[C@H](CCN1Cc2ccccc2C1)c1ccco1. The zero-order chi connectivity index (χ0) is 15.4. The minimum atomic E-state index is 0.557. The molecule has 2 heteroatoms. The van der Waals surface area contributed by atoms with Crippen molar-refractivity contribution in [2.45, 2.75) is 52.1 Å². The third kappa shape index (κ3) is 3.80. The molecule has 0 spiro atoms. The molecule has 1 aromatic carbocycles. The summed E-state index contributed by atoms with van der Waals surface area (Å²) in [5, 5.41) is 0. The number of benzene rings is 1. The Bertz CT molecular complexity index is 548. The van der Waals surface area contributed by atoms with Gasteiger partial charge in [0, 0.05) is 19.0 Å². The van der Waals surface area contributed by atoms with Crippen LogP contribution in [0.1, 0.15) is 55.9 Å². The Hall–Kier alpha value is -1.54. The first-order valence-corrected chi connectivity index (χ1v) is 8.55. The minimum Gasteiger partial charge on any atom is -0.469 e. The summed E-state index contributed by atoms with van der Waals surface area (Å²) in [6, 6.07) is 13.0. The second-order valence-electron chi connectivity index (χ2n) is 6.95. The molecule has 118 valence electrons. The van der Waals surface area contributed by atoms with Crippen molar-refractivity contribution in [1.29, 1.82) is 0 Å². The Morgan fingerprint density at radius 1 is 0.955 bits per heavy atom. The molecule has 0 aliphatic carbocycles. The van der Waals surface area contributed by atoms with Crippen molar-refractivity contribution in [3.05, 3.63) is 59.5 Å². The van der Waals surface area contributed by atoms with E-state index in [9.17, 15) is 0 Å². The van der Waals surface area contributed by atoms with Gasteiger partial charge in [-0.15, -0.1) is 0 Å². The van der Waals surface area contributed by atoms with Crippen LogP contribution in [0.2, 0.25) is 0 Å². The fourth-order valence-electron chi connectivity index (χ4n) is 3.39. The van der Waals surface area contributed by atoms with E-state index in [1.54, 1.807) is 0 Å². The Balaban J connectivity index is 1.56. The highest BCUT2D eigenvalue weighted by molar-refractivity contribution is 5.30. The molecule has 0 unspecified atom stereocenters. The molecule has 1 aliphatic rings. The molecular formula is C20H27NO. The average Bonchev–Trinajstić information content (AvgIpc) is 3.15. The molecule has 22 heavy (non-hydrogen) atoms. The fraction of sp³-hybridized carbons (Fsp3) is 0.500. The predicted octanol–water partition coefficient (Wildman–Crippen LogP) is 5.21. The van der Waals surface area contributed by atoms with Gasteiger partial charge in [0.15, 0.2) is 0 Å². The molecule has 2 nitrogen and oxygen atoms in total. The van der Waals surface area contributed by atoms with E-state index < -0.39 is 0 Å². The van der Waals surface area contributed by atoms with E-state index in [4.69, 9.17) is 4.42 Å². The average molecular weight is 297 g/mol. The molecule has 2 aromatic rings. The van der Waals surface area contributed by atoms with Gasteiger partial charge < -0.3 is 4.42 Å². The molecule has 0 saturated carbocycles. The zero-order valence-electron chi connectivity index (χ0n) is 13.8. The summed E-state index contributed by atoms with van der Waals surface area (Å²) < 4.78 is 5.69. The van der Waals surface area contributed by atoms with E-state index in [1.165, 1.54) is 30.4 Å². The van der Waals surface area contributed by atoms with E-state index in [-0.39, 0.29) is 0 Å². The van der Waals surface area contributed by atoms with E-state index in [0.717, 1.165) is 31.3 Å². The molecule has 0 saturated heterocycles. The van der Waals surface area contributed by atoms with Crippen molar-refractivity contribution in [3.63, 3.8) is 0 Å². The zero-order valence-corrected chi connectivity index (χ0v) is 13.8. The van der Waals surface area contributed by atoms with Gasteiger partial charge in [-0.25, -0.2) is 0 Å². The molecule has 2 heterocycles. The van der Waals surface area contributed by atoms with Crippen LogP contribution in [0.15, 0.2) is 47.1 Å². The fourth-order valence-corrected chi connectivity index (χ4v) is 3.39. The number of nitrogens with zero attached hydrogens (tertiary/aromatic N) is 1. The molecule has 0 bridgehead atoms. The Morgan fingerprint density at radius 3 is 2.27 bits per heavy atom. The van der Waals surface area contributed by atoms with Crippen molar-refractivity contribution >= 4 is 0 Å². The lowest BCUT2D eigenvalue weighted by atomic mass is 9.93. The van der Waals surface area contributed by atoms with Gasteiger partial charge in [0.1, 0.15) is 5.76 Å². The Labute approximate surface area is 134 Å². The lowest BCUT2D eigenvalue weighted by Gasteiger charge is -2.20. The molecule has 0 amide bonds. The smallest absolute Gasteiger partial charge is 0.106 e. The highest BCUT2D eigenvalue weighted by Gasteiger charge is 2.21. The summed E-state index contributed by atoms with van der Waals surface area (Å²) in [4.78, 5) is 2.57. The van der Waals surface area contributed by atoms with Crippen LogP contribution in [0.3, 0.4) is 0 Å². The standard InChI is InChI=1S/C20H27NO/c1-16(2)9-10-17(20-8-5-13-22-20)11-12-21-14-18-6-3-4-7-19(18)15-21/h3-8,13,16-17H,9-12,14-15H2,1-2H3/t17-/m1/s1. The number of furan rings is 1. The van der Waals surface area contributed by atoms with Crippen LogP contribution in [-0.2, 0) is 13.1 Å². The largest absolute Gasteiger partial charge is 0.469 e. The van der Waals surface area contributed by atoms with Gasteiger partial charge in [-0.05, 0) is 48.6 Å². The summed E-state index contributed by atoms with van der Waals surface area (Å²) in [6.07, 6.45) is 5.50. The second kappa shape index (κ2) is 7.15. The Morgan fingerprint density at radius 2 is 1.68 bits per heavy atom. The molecule has 0 radical (unpaired) electrons. The van der Waals surface area contributed by atoms with Crippen molar-refractivity contribution in [3.8, 4) is 0 Å². The summed E-state index contributed by atoms with van der Waals surface area (Å²) in [5.74, 6) is 2.48. The summed E-state index contributed by atoms with van der Waals surface area (Å²) in [5.41, 5.74) is 3.00. The van der Waals surface area contributed by atoms with Crippen LogP contribution in [0.4, 0.5) is 0 Å². The van der Waals surface area contributed by atoms with Gasteiger partial charge in [0.25, 0.3) is 0 Å². The minimum absolute atomic E-state index is 0.557. The van der Waals surface area contributed by atoms with Crippen LogP contribution in [0.5, 0.6) is 0 Å². The highest BCUT2D eigenvalue weighted by atomic mass is 16.3. The van der Waals surface area contributed by atoms with E-state index >= 15 is 0 Å². The van der Waals surface area contributed by atoms with Crippen LogP contribution in [0.25, 0.3) is 0 Å². The predicted molar refractivity (Wildman–Crippen MR) is 90.7 cm³/mol. The number of hydrogen-bond donors (Lipinski definition) is 0. The van der Waals surface area contributed by atoms with Crippen molar-refractivity contribution in [2.24, 2.45) is 5.92 Å². The Kier molecular flexibility index (Phi) is 4.99. The van der Waals surface area contributed by atoms with Gasteiger partial charge in [-0.1, -0.05) is 44.5 Å². The van der Waals surface area contributed by atoms with Gasteiger partial charge >= 0.3 is 0 Å². The molecule has 1 aromatic heterocycles. The maximum atomic E-state index is 5.69. The number of rotatable bonds is 7. The van der Waals surface area contributed by atoms with Crippen LogP contribution >= 0.6 is 0 Å². The van der Waals surface area contributed by atoms with E-state index in [2.05, 4.69) is 49.1 Å². The second-order valence-corrected chi connectivity index (χ2v) is 6.95. The monoisotopic (exact) mass is 297 g/mol. The third-order valence-electron chi connectivity index (χ3n) is 4.74. The molecule has 0 N–H and O–H groups in total. The normalized spacial score (nSPS) is 16.1. The summed E-state index contributed by atoms with van der Waals surface area (Å²) in [7, 11) is 0. The third-order valence-corrected chi connectivity index (χ3v) is 4.74. The first kappa shape index (κ1) is 15.4. The summed E-state index contributed by atoms with van der Waals surface area (Å²) >= 11 is 0. The van der Waals surface area contributed by atoms with Gasteiger partial charge in [0.05, 0.1) is 6.26 Å². The number of hydrogen-bond acceptors (Lipinski definition) is 2. The van der Waals surface area contributed by atoms with Crippen LogP contribution < -0.4 is 0 Å². The van der Waals surface area contributed by atoms with Crippen molar-refractivity contribution < 1.29 is 4.42 Å². The van der Waals surface area contributed by atoms with Gasteiger partial charge in [-0.3, -0.25) is 4.90 Å². The maximum absolute atomic E-state index is 5.69.